The van der Waals surface area contributed by atoms with E-state index in [0.717, 1.165) is 49.0 Å². The Morgan fingerprint density at radius 1 is 0.933 bits per heavy atom. The first-order valence-electron chi connectivity index (χ1n) is 10.3. The van der Waals surface area contributed by atoms with Gasteiger partial charge in [-0.25, -0.2) is 0 Å². The van der Waals surface area contributed by atoms with E-state index in [4.69, 9.17) is 0 Å². The topological polar surface area (TPSA) is 69.9 Å². The summed E-state index contributed by atoms with van der Waals surface area (Å²) < 4.78 is 40.7. The predicted molar refractivity (Wildman–Crippen MR) is 104 cm³/mol. The zero-order chi connectivity index (χ0) is 21.5. The molecule has 30 heavy (non-hydrogen) atoms. The number of nitrogens with zero attached hydrogens (tertiary/aromatic N) is 7. The highest BCUT2D eigenvalue weighted by Crippen LogP contribution is 2.30. The van der Waals surface area contributed by atoms with Gasteiger partial charge < -0.3 is 9.80 Å². The molecule has 11 heteroatoms. The summed E-state index contributed by atoms with van der Waals surface area (Å²) in [7, 11) is 0. The molecule has 8 nitrogen and oxygen atoms in total. The number of hydrogen-bond acceptors (Lipinski definition) is 6. The summed E-state index contributed by atoms with van der Waals surface area (Å²) in [5.41, 5.74) is 1.55. The summed E-state index contributed by atoms with van der Waals surface area (Å²) in [6.45, 7) is 8.34. The fourth-order valence-electron chi connectivity index (χ4n) is 4.19. The van der Waals surface area contributed by atoms with E-state index in [2.05, 4.69) is 20.2 Å². The number of carbonyl (C=O) groups is 1. The molecule has 2 saturated heterocycles. The summed E-state index contributed by atoms with van der Waals surface area (Å²) in [5, 5.41) is 11.3. The molecule has 2 aliphatic rings. The van der Waals surface area contributed by atoms with Gasteiger partial charge in [-0.05, 0) is 33.1 Å². The van der Waals surface area contributed by atoms with Gasteiger partial charge in [0.1, 0.15) is 0 Å². The maximum absolute atomic E-state index is 13.3. The summed E-state index contributed by atoms with van der Waals surface area (Å²) in [6.07, 6.45) is -1.69. The second kappa shape index (κ2) is 8.01. The number of amides is 1. The van der Waals surface area contributed by atoms with Gasteiger partial charge in [0.15, 0.2) is 11.5 Å². The molecule has 4 rings (SSSR count). The first kappa shape index (κ1) is 20.8. The molecule has 4 heterocycles. The van der Waals surface area contributed by atoms with Crippen LogP contribution in [0.1, 0.15) is 36.2 Å². The molecule has 0 N–H and O–H groups in total. The Hall–Kier alpha value is -2.43. The molecule has 0 saturated carbocycles. The minimum absolute atomic E-state index is 0.122. The van der Waals surface area contributed by atoms with Crippen molar-refractivity contribution >= 4 is 17.4 Å². The maximum atomic E-state index is 13.3. The lowest BCUT2D eigenvalue weighted by molar-refractivity contribution is -0.146. The molecule has 1 amide bonds. The van der Waals surface area contributed by atoms with Crippen molar-refractivity contribution in [3.63, 3.8) is 0 Å². The lowest BCUT2D eigenvalue weighted by Crippen LogP contribution is -2.40. The molecule has 2 aliphatic heterocycles. The van der Waals surface area contributed by atoms with E-state index >= 15 is 0 Å². The Labute approximate surface area is 172 Å². The van der Waals surface area contributed by atoms with Crippen molar-refractivity contribution in [2.24, 2.45) is 0 Å². The van der Waals surface area contributed by atoms with Gasteiger partial charge in [0, 0.05) is 50.4 Å². The molecule has 2 aromatic heterocycles. The van der Waals surface area contributed by atoms with Crippen molar-refractivity contribution in [2.45, 2.75) is 39.3 Å². The average molecular weight is 425 g/mol. The number of fused-ring (bicyclic) bond motifs is 1. The van der Waals surface area contributed by atoms with Gasteiger partial charge in [-0.1, -0.05) is 0 Å². The smallest absolute Gasteiger partial charge is 0.354 e. The quantitative estimate of drug-likeness (QED) is 0.748. The Kier molecular flexibility index (Phi) is 5.56. The number of alkyl halides is 3. The number of hydrogen-bond donors (Lipinski definition) is 0. The number of likely N-dealkylation sites (tertiary alicyclic amines) is 1. The highest BCUT2D eigenvalue weighted by molar-refractivity contribution is 5.78. The largest absolute Gasteiger partial charge is 0.453 e. The van der Waals surface area contributed by atoms with Crippen LogP contribution in [0.5, 0.6) is 0 Å². The zero-order valence-corrected chi connectivity index (χ0v) is 17.2. The molecular formula is C19H26F3N7O. The van der Waals surface area contributed by atoms with Crippen molar-refractivity contribution in [3.8, 4) is 0 Å². The van der Waals surface area contributed by atoms with Gasteiger partial charge in [0.2, 0.25) is 5.91 Å². The van der Waals surface area contributed by atoms with Crippen LogP contribution in [-0.4, -0.2) is 81.3 Å². The third-order valence-electron chi connectivity index (χ3n) is 6.03. The van der Waals surface area contributed by atoms with Crippen LogP contribution in [0.2, 0.25) is 0 Å². The first-order chi connectivity index (χ1) is 14.3. The molecule has 164 valence electrons. The van der Waals surface area contributed by atoms with Crippen molar-refractivity contribution in [3.05, 3.63) is 17.0 Å². The van der Waals surface area contributed by atoms with E-state index in [-0.39, 0.29) is 11.6 Å². The SMILES string of the molecule is Cc1c(N2CCCN(CC(=O)N3CCCC3)CC2)nn2c(C(F)(F)F)nnc2c1C. The van der Waals surface area contributed by atoms with Gasteiger partial charge in [0.05, 0.1) is 6.54 Å². The Morgan fingerprint density at radius 2 is 1.67 bits per heavy atom. The lowest BCUT2D eigenvalue weighted by Gasteiger charge is -2.25. The fraction of sp³-hybridized carbons (Fsp3) is 0.684. The molecule has 2 aromatic rings. The molecule has 0 aromatic carbocycles. The number of aromatic nitrogens is 4. The van der Waals surface area contributed by atoms with Gasteiger partial charge in [-0.15, -0.1) is 15.3 Å². The summed E-state index contributed by atoms with van der Waals surface area (Å²) in [5.74, 6) is -0.445. The van der Waals surface area contributed by atoms with Crippen LogP contribution < -0.4 is 4.90 Å². The molecule has 0 spiro atoms. The third-order valence-corrected chi connectivity index (χ3v) is 6.03. The van der Waals surface area contributed by atoms with E-state index in [0.29, 0.717) is 37.6 Å². The van der Waals surface area contributed by atoms with Gasteiger partial charge in [-0.2, -0.15) is 17.7 Å². The van der Waals surface area contributed by atoms with Crippen LogP contribution >= 0.6 is 0 Å². The minimum Gasteiger partial charge on any atom is -0.354 e. The lowest BCUT2D eigenvalue weighted by atomic mass is 10.1. The zero-order valence-electron chi connectivity index (χ0n) is 17.2. The second-order valence-electron chi connectivity index (χ2n) is 8.04. The van der Waals surface area contributed by atoms with E-state index in [1.165, 1.54) is 0 Å². The average Bonchev–Trinajstić information content (AvgIpc) is 3.32. The van der Waals surface area contributed by atoms with E-state index in [1.807, 2.05) is 16.7 Å². The highest BCUT2D eigenvalue weighted by Gasteiger charge is 2.38. The summed E-state index contributed by atoms with van der Waals surface area (Å²) >= 11 is 0. The molecule has 0 atom stereocenters. The van der Waals surface area contributed by atoms with Crippen LogP contribution in [0.15, 0.2) is 0 Å². The van der Waals surface area contributed by atoms with Crippen LogP contribution in [0.3, 0.4) is 0 Å². The van der Waals surface area contributed by atoms with E-state index < -0.39 is 12.0 Å². The number of rotatable bonds is 3. The van der Waals surface area contributed by atoms with E-state index in [1.54, 1.807) is 6.92 Å². The second-order valence-corrected chi connectivity index (χ2v) is 8.04. The number of anilines is 1. The fourth-order valence-corrected chi connectivity index (χ4v) is 4.19. The molecule has 0 unspecified atom stereocenters. The molecule has 0 bridgehead atoms. The summed E-state index contributed by atoms with van der Waals surface area (Å²) in [4.78, 5) is 18.5. The molecule has 2 fully saturated rings. The van der Waals surface area contributed by atoms with Crippen LogP contribution in [-0.2, 0) is 11.0 Å². The van der Waals surface area contributed by atoms with Crippen molar-refractivity contribution in [2.75, 3.05) is 50.7 Å². The predicted octanol–water partition coefficient (Wildman–Crippen LogP) is 1.89. The summed E-state index contributed by atoms with van der Waals surface area (Å²) in [6, 6.07) is 0. The van der Waals surface area contributed by atoms with Gasteiger partial charge in [-0.3, -0.25) is 9.69 Å². The monoisotopic (exact) mass is 425 g/mol. The van der Waals surface area contributed by atoms with Gasteiger partial charge >= 0.3 is 6.18 Å². The minimum atomic E-state index is -4.63. The molecule has 0 aliphatic carbocycles. The van der Waals surface area contributed by atoms with Crippen molar-refractivity contribution in [1.82, 2.24) is 29.6 Å². The van der Waals surface area contributed by atoms with Gasteiger partial charge in [0.25, 0.3) is 5.82 Å². The van der Waals surface area contributed by atoms with Crippen molar-refractivity contribution in [1.29, 1.82) is 0 Å². The molecule has 0 radical (unpaired) electrons. The number of halogens is 3. The standard InChI is InChI=1S/C19H26F3N7O/c1-13-14(2)17(25-29-16(13)23-24-18(29)19(20,21)22)28-9-5-6-26(10-11-28)12-15(30)27-7-3-4-8-27/h3-12H2,1-2H3. The Balaban J connectivity index is 1.54. The Morgan fingerprint density at radius 3 is 2.37 bits per heavy atom. The highest BCUT2D eigenvalue weighted by atomic mass is 19.4. The van der Waals surface area contributed by atoms with Crippen LogP contribution in [0, 0.1) is 13.8 Å². The number of carbonyl (C=O) groups excluding carboxylic acids is 1. The van der Waals surface area contributed by atoms with Crippen LogP contribution in [0.25, 0.3) is 5.65 Å². The maximum Gasteiger partial charge on any atom is 0.453 e. The third kappa shape index (κ3) is 3.94. The normalized spacial score (nSPS) is 19.0. The Bertz CT molecular complexity index is 936. The van der Waals surface area contributed by atoms with E-state index in [9.17, 15) is 18.0 Å². The first-order valence-corrected chi connectivity index (χ1v) is 10.3. The number of aryl methyl sites for hydroxylation is 1. The van der Waals surface area contributed by atoms with Crippen molar-refractivity contribution < 1.29 is 18.0 Å². The van der Waals surface area contributed by atoms with Crippen LogP contribution in [0.4, 0.5) is 19.0 Å². The molecular weight excluding hydrogens is 399 g/mol.